The van der Waals surface area contributed by atoms with Crippen LogP contribution in [0.4, 0.5) is 10.1 Å². The number of rotatable bonds is 6. The number of esters is 1. The SMILES string of the molecule is O=C(COC(=O)CNC(=O)c1ccc2ccccc2c1)Nc1ccc(Cl)cc1F. The normalized spacial score (nSPS) is 10.4. The van der Waals surface area contributed by atoms with Crippen LogP contribution in [0.15, 0.2) is 60.7 Å². The van der Waals surface area contributed by atoms with Crippen molar-refractivity contribution < 1.29 is 23.5 Å². The molecule has 0 aliphatic rings. The van der Waals surface area contributed by atoms with Crippen molar-refractivity contribution in [3.63, 3.8) is 0 Å². The Labute approximate surface area is 170 Å². The minimum Gasteiger partial charge on any atom is -0.454 e. The molecule has 0 bridgehead atoms. The monoisotopic (exact) mass is 414 g/mol. The standard InChI is InChI=1S/C21H16ClFN2O4/c22-16-7-8-18(17(23)10-16)25-19(26)12-29-20(27)11-24-21(28)15-6-5-13-3-1-2-4-14(13)9-15/h1-10H,11-12H2,(H,24,28)(H,25,26). The van der Waals surface area contributed by atoms with E-state index in [1.165, 1.54) is 12.1 Å². The van der Waals surface area contributed by atoms with Gasteiger partial charge in [0.15, 0.2) is 6.61 Å². The van der Waals surface area contributed by atoms with Gasteiger partial charge in [-0.15, -0.1) is 0 Å². The molecule has 0 aliphatic heterocycles. The van der Waals surface area contributed by atoms with Crippen LogP contribution in [0.1, 0.15) is 10.4 Å². The fourth-order valence-corrected chi connectivity index (χ4v) is 2.72. The van der Waals surface area contributed by atoms with E-state index in [4.69, 9.17) is 16.3 Å². The fourth-order valence-electron chi connectivity index (χ4n) is 2.56. The van der Waals surface area contributed by atoms with Gasteiger partial charge in [-0.25, -0.2) is 4.39 Å². The Morgan fingerprint density at radius 1 is 0.966 bits per heavy atom. The first-order chi connectivity index (χ1) is 13.9. The number of carbonyl (C=O) groups is 3. The minimum absolute atomic E-state index is 0.0833. The summed E-state index contributed by atoms with van der Waals surface area (Å²) in [6.45, 7) is -1.03. The minimum atomic E-state index is -0.800. The molecule has 0 heterocycles. The highest BCUT2D eigenvalue weighted by molar-refractivity contribution is 6.30. The second-order valence-electron chi connectivity index (χ2n) is 6.08. The van der Waals surface area contributed by atoms with Crippen molar-refractivity contribution in [3.05, 3.63) is 77.1 Å². The highest BCUT2D eigenvalue weighted by Gasteiger charge is 2.13. The average Bonchev–Trinajstić information content (AvgIpc) is 2.72. The van der Waals surface area contributed by atoms with E-state index in [1.807, 2.05) is 30.3 Å². The van der Waals surface area contributed by atoms with Gasteiger partial charge in [0.1, 0.15) is 12.4 Å². The molecule has 148 valence electrons. The Balaban J connectivity index is 1.46. The third kappa shape index (κ3) is 5.52. The Kier molecular flexibility index (Phi) is 6.41. The molecule has 0 fully saturated rings. The predicted molar refractivity (Wildman–Crippen MR) is 107 cm³/mol. The van der Waals surface area contributed by atoms with Crippen LogP contribution in [-0.4, -0.2) is 30.9 Å². The topological polar surface area (TPSA) is 84.5 Å². The van der Waals surface area contributed by atoms with E-state index < -0.39 is 36.8 Å². The van der Waals surface area contributed by atoms with Gasteiger partial charge < -0.3 is 15.4 Å². The molecule has 0 saturated carbocycles. The van der Waals surface area contributed by atoms with Crippen molar-refractivity contribution in [2.24, 2.45) is 0 Å². The van der Waals surface area contributed by atoms with Crippen molar-refractivity contribution in [1.82, 2.24) is 5.32 Å². The van der Waals surface area contributed by atoms with E-state index in [0.717, 1.165) is 16.8 Å². The molecule has 3 rings (SSSR count). The summed E-state index contributed by atoms with van der Waals surface area (Å²) >= 11 is 5.63. The van der Waals surface area contributed by atoms with Gasteiger partial charge >= 0.3 is 5.97 Å². The quantitative estimate of drug-likeness (QED) is 0.604. The summed E-state index contributed by atoms with van der Waals surface area (Å²) in [5.74, 6) is -2.67. The zero-order valence-corrected chi connectivity index (χ0v) is 15.8. The number of anilines is 1. The van der Waals surface area contributed by atoms with Crippen LogP contribution in [0.25, 0.3) is 10.8 Å². The molecule has 0 spiro atoms. The van der Waals surface area contributed by atoms with Crippen LogP contribution in [0.5, 0.6) is 0 Å². The number of nitrogens with one attached hydrogen (secondary N) is 2. The molecule has 2 amide bonds. The van der Waals surface area contributed by atoms with E-state index in [1.54, 1.807) is 12.1 Å². The van der Waals surface area contributed by atoms with Crippen molar-refractivity contribution in [3.8, 4) is 0 Å². The molecule has 0 atom stereocenters. The van der Waals surface area contributed by atoms with E-state index in [9.17, 15) is 18.8 Å². The molecule has 2 N–H and O–H groups in total. The van der Waals surface area contributed by atoms with Crippen LogP contribution >= 0.6 is 11.6 Å². The van der Waals surface area contributed by atoms with E-state index in [2.05, 4.69) is 10.6 Å². The van der Waals surface area contributed by atoms with Crippen molar-refractivity contribution in [1.29, 1.82) is 0 Å². The van der Waals surface area contributed by atoms with Gasteiger partial charge in [0.05, 0.1) is 5.69 Å². The van der Waals surface area contributed by atoms with Gasteiger partial charge in [-0.05, 0) is 41.1 Å². The van der Waals surface area contributed by atoms with Gasteiger partial charge in [0.25, 0.3) is 11.8 Å². The van der Waals surface area contributed by atoms with Crippen LogP contribution in [0, 0.1) is 5.82 Å². The number of benzene rings is 3. The van der Waals surface area contributed by atoms with Crippen LogP contribution in [0.3, 0.4) is 0 Å². The van der Waals surface area contributed by atoms with Gasteiger partial charge in [-0.2, -0.15) is 0 Å². The molecule has 8 heteroatoms. The Bertz CT molecular complexity index is 1090. The number of hydrogen-bond acceptors (Lipinski definition) is 4. The lowest BCUT2D eigenvalue weighted by molar-refractivity contribution is -0.146. The zero-order valence-electron chi connectivity index (χ0n) is 15.1. The Morgan fingerprint density at radius 2 is 1.72 bits per heavy atom. The second kappa shape index (κ2) is 9.16. The van der Waals surface area contributed by atoms with E-state index in [0.29, 0.717) is 5.56 Å². The third-order valence-corrected chi connectivity index (χ3v) is 4.21. The number of amides is 2. The Hall–Kier alpha value is -3.45. The van der Waals surface area contributed by atoms with Crippen molar-refractivity contribution >= 4 is 45.8 Å². The molecule has 0 unspecified atom stereocenters. The summed E-state index contributed by atoms with van der Waals surface area (Å²) in [6, 6.07) is 16.5. The molecular weight excluding hydrogens is 399 g/mol. The largest absolute Gasteiger partial charge is 0.454 e. The zero-order chi connectivity index (χ0) is 20.8. The van der Waals surface area contributed by atoms with Crippen molar-refractivity contribution in [2.45, 2.75) is 0 Å². The van der Waals surface area contributed by atoms with Gasteiger partial charge in [-0.3, -0.25) is 14.4 Å². The summed E-state index contributed by atoms with van der Waals surface area (Å²) in [4.78, 5) is 35.7. The van der Waals surface area contributed by atoms with E-state index in [-0.39, 0.29) is 10.7 Å². The summed E-state index contributed by atoms with van der Waals surface area (Å²) in [5.41, 5.74) is 0.313. The molecular formula is C21H16ClFN2O4. The van der Waals surface area contributed by atoms with E-state index >= 15 is 0 Å². The molecule has 29 heavy (non-hydrogen) atoms. The molecule has 0 saturated heterocycles. The maximum Gasteiger partial charge on any atom is 0.325 e. The van der Waals surface area contributed by atoms with Crippen LogP contribution in [0.2, 0.25) is 5.02 Å². The first-order valence-corrected chi connectivity index (χ1v) is 8.98. The summed E-state index contributed by atoms with van der Waals surface area (Å²) in [6.07, 6.45) is 0. The first kappa shape index (κ1) is 20.3. The predicted octanol–water partition coefficient (Wildman–Crippen LogP) is 3.54. The maximum absolute atomic E-state index is 13.6. The van der Waals surface area contributed by atoms with Crippen molar-refractivity contribution in [2.75, 3.05) is 18.5 Å². The maximum atomic E-state index is 13.6. The summed E-state index contributed by atoms with van der Waals surface area (Å²) in [5, 5.41) is 6.77. The number of ether oxygens (including phenoxy) is 1. The lowest BCUT2D eigenvalue weighted by Crippen LogP contribution is -2.32. The molecule has 0 aromatic heterocycles. The lowest BCUT2D eigenvalue weighted by Gasteiger charge is -2.09. The number of fused-ring (bicyclic) bond motifs is 1. The Morgan fingerprint density at radius 3 is 2.48 bits per heavy atom. The molecule has 3 aromatic carbocycles. The molecule has 0 radical (unpaired) electrons. The first-order valence-electron chi connectivity index (χ1n) is 8.60. The average molecular weight is 415 g/mol. The summed E-state index contributed by atoms with van der Waals surface area (Å²) in [7, 11) is 0. The highest BCUT2D eigenvalue weighted by Crippen LogP contribution is 2.18. The van der Waals surface area contributed by atoms with Gasteiger partial charge in [0, 0.05) is 10.6 Å². The fraction of sp³-hybridized carbons (Fsp3) is 0.0952. The summed E-state index contributed by atoms with van der Waals surface area (Å²) < 4.78 is 18.4. The van der Waals surface area contributed by atoms with Gasteiger partial charge in [-0.1, -0.05) is 41.9 Å². The molecule has 0 aliphatic carbocycles. The molecule has 6 nitrogen and oxygen atoms in total. The molecule has 3 aromatic rings. The van der Waals surface area contributed by atoms with Gasteiger partial charge in [0.2, 0.25) is 0 Å². The number of hydrogen-bond donors (Lipinski definition) is 2. The number of halogens is 2. The van der Waals surface area contributed by atoms with Crippen LogP contribution < -0.4 is 10.6 Å². The van der Waals surface area contributed by atoms with Crippen LogP contribution in [-0.2, 0) is 14.3 Å². The third-order valence-electron chi connectivity index (χ3n) is 3.97. The number of carbonyl (C=O) groups excluding carboxylic acids is 3. The highest BCUT2D eigenvalue weighted by atomic mass is 35.5. The second-order valence-corrected chi connectivity index (χ2v) is 6.51. The lowest BCUT2D eigenvalue weighted by atomic mass is 10.1. The smallest absolute Gasteiger partial charge is 0.325 e.